The zero-order valence-electron chi connectivity index (χ0n) is 8.29. The summed E-state index contributed by atoms with van der Waals surface area (Å²) in [5.74, 6) is 0.502. The maximum atomic E-state index is 5.21. The fourth-order valence-corrected chi connectivity index (χ4v) is 1.26. The molecule has 16 heavy (non-hydrogen) atoms. The Morgan fingerprint density at radius 2 is 2.25 bits per heavy atom. The van der Waals surface area contributed by atoms with Crippen LogP contribution in [0.2, 0.25) is 0 Å². The Morgan fingerprint density at radius 1 is 1.44 bits per heavy atom. The Labute approximate surface area is 97.4 Å². The molecule has 0 aliphatic heterocycles. The van der Waals surface area contributed by atoms with Crippen LogP contribution >= 0.6 is 12.2 Å². The molecular formula is C10H9N5S. The predicted molar refractivity (Wildman–Crippen MR) is 67.1 cm³/mol. The SMILES string of the molecule is NC(=S)N/N=C/c1ncc2ccccc2n1. The molecule has 3 N–H and O–H groups in total. The highest BCUT2D eigenvalue weighted by molar-refractivity contribution is 7.80. The molecule has 2 rings (SSSR count). The predicted octanol–water partition coefficient (Wildman–Crippen LogP) is 0.797. The number of thiocarbonyl (C=S) groups is 1. The van der Waals surface area contributed by atoms with Crippen LogP contribution in [0.25, 0.3) is 10.9 Å². The molecule has 0 fully saturated rings. The molecular weight excluding hydrogens is 222 g/mol. The summed E-state index contributed by atoms with van der Waals surface area (Å²) in [5.41, 5.74) is 8.52. The van der Waals surface area contributed by atoms with Gasteiger partial charge in [0, 0.05) is 11.6 Å². The monoisotopic (exact) mass is 231 g/mol. The van der Waals surface area contributed by atoms with Crippen LogP contribution in [0.1, 0.15) is 5.82 Å². The number of aromatic nitrogens is 2. The van der Waals surface area contributed by atoms with Crippen LogP contribution in [-0.4, -0.2) is 21.3 Å². The Kier molecular flexibility index (Phi) is 3.02. The van der Waals surface area contributed by atoms with Gasteiger partial charge in [-0.3, -0.25) is 5.43 Å². The number of hydrogen-bond acceptors (Lipinski definition) is 4. The zero-order valence-corrected chi connectivity index (χ0v) is 9.11. The van der Waals surface area contributed by atoms with Gasteiger partial charge in [-0.15, -0.1) is 0 Å². The van der Waals surface area contributed by atoms with Crippen molar-refractivity contribution in [1.29, 1.82) is 0 Å². The highest BCUT2D eigenvalue weighted by Crippen LogP contribution is 2.08. The number of fused-ring (bicyclic) bond motifs is 1. The summed E-state index contributed by atoms with van der Waals surface area (Å²) in [4.78, 5) is 8.41. The van der Waals surface area contributed by atoms with Gasteiger partial charge in [-0.1, -0.05) is 18.2 Å². The van der Waals surface area contributed by atoms with E-state index < -0.39 is 0 Å². The van der Waals surface area contributed by atoms with Crippen molar-refractivity contribution in [1.82, 2.24) is 15.4 Å². The zero-order chi connectivity index (χ0) is 11.4. The molecule has 0 aliphatic rings. The first-order valence-corrected chi connectivity index (χ1v) is 4.97. The maximum absolute atomic E-state index is 5.21. The van der Waals surface area contributed by atoms with Gasteiger partial charge < -0.3 is 5.73 Å². The quantitative estimate of drug-likeness (QED) is 0.454. The van der Waals surface area contributed by atoms with Gasteiger partial charge in [0.2, 0.25) is 0 Å². The van der Waals surface area contributed by atoms with Crippen molar-refractivity contribution in [2.45, 2.75) is 0 Å². The van der Waals surface area contributed by atoms with E-state index in [1.165, 1.54) is 6.21 Å². The summed E-state index contributed by atoms with van der Waals surface area (Å²) >= 11 is 4.60. The third kappa shape index (κ3) is 2.48. The van der Waals surface area contributed by atoms with Gasteiger partial charge in [-0.05, 0) is 18.3 Å². The lowest BCUT2D eigenvalue weighted by molar-refractivity contribution is 1.03. The van der Waals surface area contributed by atoms with Crippen LogP contribution in [0.15, 0.2) is 35.6 Å². The van der Waals surface area contributed by atoms with Crippen LogP contribution in [0.3, 0.4) is 0 Å². The summed E-state index contributed by atoms with van der Waals surface area (Å²) in [5, 5.41) is 4.88. The fourth-order valence-electron chi connectivity index (χ4n) is 1.20. The van der Waals surface area contributed by atoms with Crippen LogP contribution in [0.4, 0.5) is 0 Å². The largest absolute Gasteiger partial charge is 0.375 e. The summed E-state index contributed by atoms with van der Waals surface area (Å²) in [6, 6.07) is 7.72. The third-order valence-electron chi connectivity index (χ3n) is 1.86. The van der Waals surface area contributed by atoms with Crippen molar-refractivity contribution in [3.8, 4) is 0 Å². The van der Waals surface area contributed by atoms with E-state index in [-0.39, 0.29) is 5.11 Å². The average molecular weight is 231 g/mol. The van der Waals surface area contributed by atoms with Gasteiger partial charge in [-0.2, -0.15) is 5.10 Å². The van der Waals surface area contributed by atoms with Crippen molar-refractivity contribution in [2.75, 3.05) is 0 Å². The average Bonchev–Trinajstić information content (AvgIpc) is 2.28. The number of hydrazone groups is 1. The van der Waals surface area contributed by atoms with Gasteiger partial charge >= 0.3 is 0 Å². The van der Waals surface area contributed by atoms with E-state index >= 15 is 0 Å². The summed E-state index contributed by atoms with van der Waals surface area (Å²) in [6.45, 7) is 0. The van der Waals surface area contributed by atoms with Crippen molar-refractivity contribution >= 4 is 34.4 Å². The van der Waals surface area contributed by atoms with Crippen molar-refractivity contribution in [3.05, 3.63) is 36.3 Å². The van der Waals surface area contributed by atoms with E-state index in [0.29, 0.717) is 5.82 Å². The minimum absolute atomic E-state index is 0.108. The van der Waals surface area contributed by atoms with Crippen LogP contribution in [0.5, 0.6) is 0 Å². The molecule has 0 saturated heterocycles. The lowest BCUT2D eigenvalue weighted by Gasteiger charge is -1.97. The van der Waals surface area contributed by atoms with Crippen LogP contribution < -0.4 is 11.2 Å². The maximum Gasteiger partial charge on any atom is 0.184 e. The van der Waals surface area contributed by atoms with Crippen LogP contribution in [-0.2, 0) is 0 Å². The van der Waals surface area contributed by atoms with Crippen molar-refractivity contribution in [3.63, 3.8) is 0 Å². The number of nitrogens with two attached hydrogens (primary N) is 1. The first kappa shape index (κ1) is 10.4. The Bertz CT molecular complexity index is 552. The van der Waals surface area contributed by atoms with Gasteiger partial charge in [0.15, 0.2) is 10.9 Å². The molecule has 0 spiro atoms. The Hall–Kier alpha value is -2.08. The topological polar surface area (TPSA) is 76.2 Å². The second-order valence-electron chi connectivity index (χ2n) is 3.02. The van der Waals surface area contributed by atoms with Crippen molar-refractivity contribution < 1.29 is 0 Å². The summed E-state index contributed by atoms with van der Waals surface area (Å²) in [6.07, 6.45) is 3.20. The van der Waals surface area contributed by atoms with E-state index in [1.54, 1.807) is 6.20 Å². The first-order valence-electron chi connectivity index (χ1n) is 4.56. The Morgan fingerprint density at radius 3 is 3.06 bits per heavy atom. The van der Waals surface area contributed by atoms with Gasteiger partial charge in [0.05, 0.1) is 11.7 Å². The van der Waals surface area contributed by atoms with Gasteiger partial charge in [0.1, 0.15) is 0 Å². The van der Waals surface area contributed by atoms with Crippen molar-refractivity contribution in [2.24, 2.45) is 10.8 Å². The van der Waals surface area contributed by atoms with E-state index in [0.717, 1.165) is 10.9 Å². The number of rotatable bonds is 2. The molecule has 0 radical (unpaired) electrons. The first-order chi connectivity index (χ1) is 7.75. The number of nitrogens with zero attached hydrogens (tertiary/aromatic N) is 3. The van der Waals surface area contributed by atoms with Gasteiger partial charge in [-0.25, -0.2) is 9.97 Å². The van der Waals surface area contributed by atoms with E-state index in [9.17, 15) is 0 Å². The van der Waals surface area contributed by atoms with Crippen LogP contribution in [0, 0.1) is 0 Å². The fraction of sp³-hybridized carbons (Fsp3) is 0. The molecule has 2 aromatic rings. The molecule has 0 aliphatic carbocycles. The number of para-hydroxylation sites is 1. The summed E-state index contributed by atoms with van der Waals surface area (Å²) < 4.78 is 0. The number of hydrogen-bond donors (Lipinski definition) is 2. The minimum atomic E-state index is 0.108. The van der Waals surface area contributed by atoms with Gasteiger partial charge in [0.25, 0.3) is 0 Å². The number of nitrogens with one attached hydrogen (secondary N) is 1. The molecule has 1 aromatic heterocycles. The van der Waals surface area contributed by atoms with E-state index in [1.807, 2.05) is 24.3 Å². The third-order valence-corrected chi connectivity index (χ3v) is 1.95. The molecule has 0 amide bonds. The lowest BCUT2D eigenvalue weighted by Crippen LogP contribution is -2.24. The second-order valence-corrected chi connectivity index (χ2v) is 3.46. The molecule has 0 bridgehead atoms. The molecule has 6 heteroatoms. The standard InChI is InChI=1S/C10H9N5S/c11-10(16)15-13-6-9-12-5-7-3-1-2-4-8(7)14-9/h1-6H,(H3,11,15,16)/b13-6+. The smallest absolute Gasteiger partial charge is 0.184 e. The van der Waals surface area contributed by atoms with E-state index in [4.69, 9.17) is 5.73 Å². The molecule has 0 unspecified atom stereocenters. The normalized spacial score (nSPS) is 10.8. The molecule has 1 aromatic carbocycles. The number of benzene rings is 1. The molecule has 1 heterocycles. The molecule has 5 nitrogen and oxygen atoms in total. The highest BCUT2D eigenvalue weighted by atomic mass is 32.1. The summed E-state index contributed by atoms with van der Waals surface area (Å²) in [7, 11) is 0. The second kappa shape index (κ2) is 4.63. The van der Waals surface area contributed by atoms with E-state index in [2.05, 4.69) is 32.7 Å². The molecule has 80 valence electrons. The molecule has 0 atom stereocenters. The minimum Gasteiger partial charge on any atom is -0.375 e. The highest BCUT2D eigenvalue weighted by Gasteiger charge is 1.95. The lowest BCUT2D eigenvalue weighted by atomic mass is 10.2. The molecule has 0 saturated carbocycles. The Balaban J connectivity index is 2.26.